The fourth-order valence-corrected chi connectivity index (χ4v) is 1.48. The molecule has 0 aliphatic rings. The van der Waals surface area contributed by atoms with Gasteiger partial charge in [0.05, 0.1) is 19.1 Å². The van der Waals surface area contributed by atoms with Crippen molar-refractivity contribution in [2.24, 2.45) is 0 Å². The molecule has 0 spiro atoms. The van der Waals surface area contributed by atoms with Crippen molar-refractivity contribution in [3.63, 3.8) is 0 Å². The van der Waals surface area contributed by atoms with Crippen LogP contribution in [0.2, 0.25) is 0 Å². The monoisotopic (exact) mass is 258 g/mol. The summed E-state index contributed by atoms with van der Waals surface area (Å²) < 4.78 is 10.2. The summed E-state index contributed by atoms with van der Waals surface area (Å²) in [4.78, 5) is 11.9. The smallest absolute Gasteiger partial charge is 0.269 e. The first-order valence-corrected chi connectivity index (χ1v) is 5.64. The lowest BCUT2D eigenvalue weighted by Crippen LogP contribution is -2.35. The van der Waals surface area contributed by atoms with Gasteiger partial charge in [0, 0.05) is 5.56 Å². The fraction of sp³-hybridized carbons (Fsp3) is 0.0714. The van der Waals surface area contributed by atoms with Gasteiger partial charge in [0.25, 0.3) is 5.91 Å². The van der Waals surface area contributed by atoms with Crippen molar-refractivity contribution in [1.82, 2.24) is 10.9 Å². The molecule has 0 saturated carbocycles. The summed E-state index contributed by atoms with van der Waals surface area (Å²) >= 11 is 0. The van der Waals surface area contributed by atoms with Crippen molar-refractivity contribution in [2.75, 3.05) is 7.11 Å². The molecule has 5 nitrogen and oxygen atoms in total. The summed E-state index contributed by atoms with van der Waals surface area (Å²) in [5.74, 6) is 0.898. The van der Waals surface area contributed by atoms with Crippen LogP contribution in [0.15, 0.2) is 53.7 Å². The molecule has 0 atom stereocenters. The van der Waals surface area contributed by atoms with Crippen LogP contribution in [0.4, 0.5) is 0 Å². The molecule has 0 aliphatic carbocycles. The summed E-state index contributed by atoms with van der Waals surface area (Å²) in [7, 11) is 1.55. The van der Waals surface area contributed by atoms with Crippen LogP contribution in [0, 0.1) is 0 Å². The predicted octanol–water partition coefficient (Wildman–Crippen LogP) is 2.19. The van der Waals surface area contributed by atoms with Crippen LogP contribution in [-0.4, -0.2) is 13.0 Å². The number of hydrogen-bond acceptors (Lipinski definition) is 4. The van der Waals surface area contributed by atoms with Gasteiger partial charge >= 0.3 is 0 Å². The van der Waals surface area contributed by atoms with E-state index < -0.39 is 0 Å². The van der Waals surface area contributed by atoms with E-state index in [4.69, 9.17) is 9.15 Å². The quantitative estimate of drug-likeness (QED) is 0.807. The first-order valence-electron chi connectivity index (χ1n) is 5.64. The Morgan fingerprint density at radius 3 is 2.79 bits per heavy atom. The SMILES string of the molecule is C=C(NNC(=O)c1cccc(OC)c1)c1ccco1. The molecule has 1 heterocycles. The molecule has 19 heavy (non-hydrogen) atoms. The standard InChI is InChI=1S/C14H14N2O3/c1-10(13-7-4-8-19-13)15-16-14(17)11-5-3-6-12(9-11)18-2/h3-9,15H,1H2,2H3,(H,16,17). The number of benzene rings is 1. The lowest BCUT2D eigenvalue weighted by atomic mass is 10.2. The van der Waals surface area contributed by atoms with Crippen LogP contribution < -0.4 is 15.6 Å². The van der Waals surface area contributed by atoms with E-state index in [1.165, 1.54) is 6.26 Å². The second-order valence-corrected chi connectivity index (χ2v) is 3.77. The topological polar surface area (TPSA) is 63.5 Å². The molecule has 0 unspecified atom stereocenters. The Labute approximate surface area is 110 Å². The second-order valence-electron chi connectivity index (χ2n) is 3.77. The zero-order valence-corrected chi connectivity index (χ0v) is 10.5. The van der Waals surface area contributed by atoms with E-state index in [1.807, 2.05) is 0 Å². The van der Waals surface area contributed by atoms with Crippen molar-refractivity contribution in [3.8, 4) is 5.75 Å². The van der Waals surface area contributed by atoms with Gasteiger partial charge in [-0.2, -0.15) is 0 Å². The Kier molecular flexibility index (Phi) is 3.87. The average molecular weight is 258 g/mol. The van der Waals surface area contributed by atoms with Crippen molar-refractivity contribution in [2.45, 2.75) is 0 Å². The maximum absolute atomic E-state index is 11.9. The molecule has 98 valence electrons. The molecule has 1 aromatic heterocycles. The van der Waals surface area contributed by atoms with Crippen molar-refractivity contribution < 1.29 is 13.9 Å². The summed E-state index contributed by atoms with van der Waals surface area (Å²) in [6, 6.07) is 10.3. The Hall–Kier alpha value is -2.69. The van der Waals surface area contributed by atoms with Crippen molar-refractivity contribution in [3.05, 3.63) is 60.6 Å². The Morgan fingerprint density at radius 2 is 2.11 bits per heavy atom. The predicted molar refractivity (Wildman–Crippen MR) is 71.3 cm³/mol. The fourth-order valence-electron chi connectivity index (χ4n) is 1.48. The third-order valence-corrected chi connectivity index (χ3v) is 2.48. The van der Waals surface area contributed by atoms with Gasteiger partial charge in [0.2, 0.25) is 0 Å². The van der Waals surface area contributed by atoms with Crippen LogP contribution >= 0.6 is 0 Å². The van der Waals surface area contributed by atoms with Gasteiger partial charge in [-0.3, -0.25) is 15.6 Å². The van der Waals surface area contributed by atoms with Gasteiger partial charge in [-0.25, -0.2) is 0 Å². The Bertz CT molecular complexity index is 576. The number of hydrogen-bond donors (Lipinski definition) is 2. The van der Waals surface area contributed by atoms with Gasteiger partial charge < -0.3 is 9.15 Å². The molecular weight excluding hydrogens is 244 g/mol. The minimum absolute atomic E-state index is 0.286. The maximum Gasteiger partial charge on any atom is 0.269 e. The minimum atomic E-state index is -0.286. The Morgan fingerprint density at radius 1 is 1.26 bits per heavy atom. The second kappa shape index (κ2) is 5.77. The van der Waals surface area contributed by atoms with Crippen molar-refractivity contribution in [1.29, 1.82) is 0 Å². The number of furan rings is 1. The molecule has 2 rings (SSSR count). The molecule has 2 N–H and O–H groups in total. The average Bonchev–Trinajstić information content (AvgIpc) is 2.98. The number of methoxy groups -OCH3 is 1. The highest BCUT2D eigenvalue weighted by Crippen LogP contribution is 2.12. The highest BCUT2D eigenvalue weighted by Gasteiger charge is 2.07. The highest BCUT2D eigenvalue weighted by atomic mass is 16.5. The number of carbonyl (C=O) groups excluding carboxylic acids is 1. The molecule has 0 aliphatic heterocycles. The zero-order valence-electron chi connectivity index (χ0n) is 10.5. The lowest BCUT2D eigenvalue weighted by Gasteiger charge is -2.09. The van der Waals surface area contributed by atoms with Crippen LogP contribution in [0.1, 0.15) is 16.1 Å². The van der Waals surface area contributed by atoms with Gasteiger partial charge in [-0.1, -0.05) is 12.6 Å². The van der Waals surface area contributed by atoms with Gasteiger partial charge in [0.1, 0.15) is 5.75 Å². The molecule has 5 heteroatoms. The first kappa shape index (κ1) is 12.8. The largest absolute Gasteiger partial charge is 0.497 e. The first-order chi connectivity index (χ1) is 9.20. The number of carbonyl (C=O) groups is 1. The van der Waals surface area contributed by atoms with E-state index in [-0.39, 0.29) is 5.91 Å². The van der Waals surface area contributed by atoms with Crippen molar-refractivity contribution >= 4 is 11.6 Å². The zero-order chi connectivity index (χ0) is 13.7. The number of rotatable bonds is 5. The third-order valence-electron chi connectivity index (χ3n) is 2.48. The van der Waals surface area contributed by atoms with E-state index >= 15 is 0 Å². The Balaban J connectivity index is 1.96. The molecule has 1 aromatic carbocycles. The third kappa shape index (κ3) is 3.16. The summed E-state index contributed by atoms with van der Waals surface area (Å²) in [5.41, 5.74) is 6.19. The number of nitrogens with one attached hydrogen (secondary N) is 2. The summed E-state index contributed by atoms with van der Waals surface area (Å²) in [5, 5.41) is 0. The molecular formula is C14H14N2O3. The molecule has 1 amide bonds. The molecule has 0 saturated heterocycles. The van der Waals surface area contributed by atoms with E-state index in [9.17, 15) is 4.79 Å². The van der Waals surface area contributed by atoms with E-state index in [2.05, 4.69) is 17.4 Å². The number of ether oxygens (including phenoxy) is 1. The summed E-state index contributed by atoms with van der Waals surface area (Å²) in [6.07, 6.45) is 1.53. The van der Waals surface area contributed by atoms with E-state index in [0.29, 0.717) is 22.8 Å². The van der Waals surface area contributed by atoms with Gasteiger partial charge in [-0.15, -0.1) is 0 Å². The maximum atomic E-state index is 11.9. The van der Waals surface area contributed by atoms with Gasteiger partial charge in [0.15, 0.2) is 5.76 Å². The van der Waals surface area contributed by atoms with Crippen LogP contribution in [0.25, 0.3) is 5.70 Å². The minimum Gasteiger partial charge on any atom is -0.497 e. The van der Waals surface area contributed by atoms with Crippen LogP contribution in [0.5, 0.6) is 5.75 Å². The van der Waals surface area contributed by atoms with Crippen LogP contribution in [0.3, 0.4) is 0 Å². The van der Waals surface area contributed by atoms with Gasteiger partial charge in [-0.05, 0) is 30.3 Å². The molecule has 2 aromatic rings. The number of amides is 1. The highest BCUT2D eigenvalue weighted by molar-refractivity contribution is 5.94. The summed E-state index contributed by atoms with van der Waals surface area (Å²) in [6.45, 7) is 3.75. The normalized spacial score (nSPS) is 9.74. The molecule has 0 fully saturated rings. The lowest BCUT2D eigenvalue weighted by molar-refractivity contribution is 0.0942. The molecule has 0 bridgehead atoms. The number of hydrazine groups is 1. The van der Waals surface area contributed by atoms with Crippen LogP contribution in [-0.2, 0) is 0 Å². The van der Waals surface area contributed by atoms with E-state index in [1.54, 1.807) is 43.5 Å². The molecule has 0 radical (unpaired) electrons. The van der Waals surface area contributed by atoms with E-state index in [0.717, 1.165) is 0 Å².